The summed E-state index contributed by atoms with van der Waals surface area (Å²) in [5, 5.41) is 6.29. The Labute approximate surface area is 160 Å². The molecule has 0 fully saturated rings. The third kappa shape index (κ3) is 6.44. The lowest BCUT2D eigenvalue weighted by Crippen LogP contribution is -2.39. The third-order valence-electron chi connectivity index (χ3n) is 4.15. The number of oxazole rings is 1. The maximum absolute atomic E-state index is 12.5. The van der Waals surface area contributed by atoms with Gasteiger partial charge in [-0.2, -0.15) is 0 Å². The number of aliphatic imine (C=N–C) groups is 1. The van der Waals surface area contributed by atoms with Gasteiger partial charge in [-0.25, -0.2) is 9.98 Å². The lowest BCUT2D eigenvalue weighted by molar-refractivity contribution is -0.130. The van der Waals surface area contributed by atoms with Crippen LogP contribution in [0.25, 0.3) is 0 Å². The summed E-state index contributed by atoms with van der Waals surface area (Å²) in [6.07, 6.45) is 0. The first-order valence-corrected chi connectivity index (χ1v) is 9.30. The highest BCUT2D eigenvalue weighted by molar-refractivity contribution is 5.84. The number of aromatic nitrogens is 1. The molecule has 2 N–H and O–H groups in total. The quantitative estimate of drug-likeness (QED) is 0.550. The Balaban J connectivity index is 1.94. The molecule has 2 aromatic rings. The molecule has 0 bridgehead atoms. The Morgan fingerprint density at radius 2 is 1.93 bits per heavy atom. The zero-order valence-corrected chi connectivity index (χ0v) is 16.6. The van der Waals surface area contributed by atoms with Crippen LogP contribution in [0, 0.1) is 13.8 Å². The minimum Gasteiger partial charge on any atom is -0.444 e. The number of hydrogen-bond acceptors (Lipinski definition) is 4. The van der Waals surface area contributed by atoms with E-state index < -0.39 is 0 Å². The van der Waals surface area contributed by atoms with Gasteiger partial charge in [0.1, 0.15) is 12.3 Å². The second-order valence-corrected chi connectivity index (χ2v) is 6.19. The topological polar surface area (TPSA) is 82.8 Å². The van der Waals surface area contributed by atoms with Crippen molar-refractivity contribution in [2.45, 2.75) is 40.8 Å². The van der Waals surface area contributed by atoms with Gasteiger partial charge in [-0.1, -0.05) is 30.3 Å². The summed E-state index contributed by atoms with van der Waals surface area (Å²) in [4.78, 5) is 23.1. The molecule has 0 spiro atoms. The van der Waals surface area contributed by atoms with Gasteiger partial charge in [0.05, 0.1) is 12.2 Å². The lowest BCUT2D eigenvalue weighted by Gasteiger charge is -2.20. The molecule has 7 heteroatoms. The fourth-order valence-corrected chi connectivity index (χ4v) is 2.54. The van der Waals surface area contributed by atoms with Gasteiger partial charge in [-0.15, -0.1) is 0 Å². The first-order valence-electron chi connectivity index (χ1n) is 9.30. The maximum atomic E-state index is 12.5. The van der Waals surface area contributed by atoms with E-state index in [2.05, 4.69) is 20.6 Å². The fraction of sp³-hybridized carbons (Fsp3) is 0.450. The van der Waals surface area contributed by atoms with Gasteiger partial charge in [0.2, 0.25) is 11.8 Å². The van der Waals surface area contributed by atoms with Crippen molar-refractivity contribution in [3.05, 3.63) is 53.2 Å². The molecule has 1 aromatic heterocycles. The molecule has 146 valence electrons. The predicted octanol–water partition coefficient (Wildman–Crippen LogP) is 2.40. The van der Waals surface area contributed by atoms with Gasteiger partial charge in [0, 0.05) is 19.6 Å². The first-order chi connectivity index (χ1) is 13.0. The van der Waals surface area contributed by atoms with E-state index in [0.717, 1.165) is 17.0 Å². The Hall–Kier alpha value is -2.83. The number of hydrogen-bond donors (Lipinski definition) is 2. The number of carbonyl (C=O) groups excluding carboxylic acids is 1. The van der Waals surface area contributed by atoms with E-state index in [1.165, 1.54) is 0 Å². The second kappa shape index (κ2) is 10.4. The Morgan fingerprint density at radius 1 is 1.19 bits per heavy atom. The van der Waals surface area contributed by atoms with E-state index in [-0.39, 0.29) is 12.5 Å². The highest BCUT2D eigenvalue weighted by atomic mass is 16.4. The molecule has 0 saturated carbocycles. The highest BCUT2D eigenvalue weighted by Gasteiger charge is 2.12. The van der Waals surface area contributed by atoms with Crippen LogP contribution >= 0.6 is 0 Å². The van der Waals surface area contributed by atoms with E-state index >= 15 is 0 Å². The van der Waals surface area contributed by atoms with E-state index in [4.69, 9.17) is 4.42 Å². The molecule has 2 rings (SSSR count). The normalized spacial score (nSPS) is 11.3. The number of nitrogens with zero attached hydrogens (tertiary/aromatic N) is 3. The largest absolute Gasteiger partial charge is 0.444 e. The van der Waals surface area contributed by atoms with Gasteiger partial charge in [0.15, 0.2) is 5.96 Å². The molecular weight excluding hydrogens is 342 g/mol. The SMILES string of the molecule is CCNC(=NCC(=O)N(CC)Cc1ccccc1)NCc1nc(C)c(C)o1. The minimum atomic E-state index is -0.0126. The van der Waals surface area contributed by atoms with Crippen LogP contribution in [0.1, 0.15) is 36.8 Å². The molecule has 0 aliphatic carbocycles. The average Bonchev–Trinajstić information content (AvgIpc) is 3.00. The zero-order chi connectivity index (χ0) is 19.6. The summed E-state index contributed by atoms with van der Waals surface area (Å²) in [5.74, 6) is 1.96. The fourth-order valence-electron chi connectivity index (χ4n) is 2.54. The van der Waals surface area contributed by atoms with Crippen LogP contribution < -0.4 is 10.6 Å². The molecule has 0 aliphatic rings. The van der Waals surface area contributed by atoms with Gasteiger partial charge in [0.25, 0.3) is 0 Å². The molecule has 1 amide bonds. The van der Waals surface area contributed by atoms with E-state index in [1.807, 2.05) is 58.0 Å². The smallest absolute Gasteiger partial charge is 0.244 e. The number of amides is 1. The summed E-state index contributed by atoms with van der Waals surface area (Å²) in [7, 11) is 0. The van der Waals surface area contributed by atoms with Crippen molar-refractivity contribution in [3.8, 4) is 0 Å². The third-order valence-corrected chi connectivity index (χ3v) is 4.15. The number of carbonyl (C=O) groups is 1. The van der Waals surface area contributed by atoms with Crippen molar-refractivity contribution in [2.24, 2.45) is 4.99 Å². The molecule has 0 atom stereocenters. The first kappa shape index (κ1) is 20.5. The van der Waals surface area contributed by atoms with Gasteiger partial charge in [-0.05, 0) is 33.3 Å². The van der Waals surface area contributed by atoms with Crippen LogP contribution in [-0.4, -0.2) is 41.4 Å². The summed E-state index contributed by atoms with van der Waals surface area (Å²) in [6.45, 7) is 10.2. The Morgan fingerprint density at radius 3 is 2.52 bits per heavy atom. The zero-order valence-electron chi connectivity index (χ0n) is 16.6. The molecule has 1 aromatic carbocycles. The highest BCUT2D eigenvalue weighted by Crippen LogP contribution is 2.08. The number of benzene rings is 1. The molecule has 7 nitrogen and oxygen atoms in total. The van der Waals surface area contributed by atoms with Crippen LogP contribution in [0.4, 0.5) is 0 Å². The van der Waals surface area contributed by atoms with Crippen molar-refractivity contribution in [1.29, 1.82) is 0 Å². The minimum absolute atomic E-state index is 0.0126. The van der Waals surface area contributed by atoms with Crippen LogP contribution in [0.2, 0.25) is 0 Å². The van der Waals surface area contributed by atoms with E-state index in [1.54, 1.807) is 4.90 Å². The number of nitrogens with one attached hydrogen (secondary N) is 2. The van der Waals surface area contributed by atoms with Crippen molar-refractivity contribution >= 4 is 11.9 Å². The maximum Gasteiger partial charge on any atom is 0.244 e. The van der Waals surface area contributed by atoms with Crippen LogP contribution in [-0.2, 0) is 17.9 Å². The number of likely N-dealkylation sites (N-methyl/N-ethyl adjacent to an activating group) is 1. The number of aryl methyl sites for hydroxylation is 2. The van der Waals surface area contributed by atoms with Crippen molar-refractivity contribution in [1.82, 2.24) is 20.5 Å². The molecule has 1 heterocycles. The van der Waals surface area contributed by atoms with Crippen molar-refractivity contribution in [2.75, 3.05) is 19.6 Å². The summed E-state index contributed by atoms with van der Waals surface area (Å²) >= 11 is 0. The second-order valence-electron chi connectivity index (χ2n) is 6.19. The molecule has 0 saturated heterocycles. The Kier molecular flexibility index (Phi) is 7.85. The van der Waals surface area contributed by atoms with Crippen LogP contribution in [0.15, 0.2) is 39.7 Å². The number of rotatable bonds is 8. The molecule has 27 heavy (non-hydrogen) atoms. The molecule has 0 aliphatic heterocycles. The molecular formula is C20H29N5O2. The Bertz CT molecular complexity index is 735. The van der Waals surface area contributed by atoms with Crippen molar-refractivity contribution in [3.63, 3.8) is 0 Å². The predicted molar refractivity (Wildman–Crippen MR) is 106 cm³/mol. The summed E-state index contributed by atoms with van der Waals surface area (Å²) in [6, 6.07) is 9.96. The van der Waals surface area contributed by atoms with Crippen LogP contribution in [0.3, 0.4) is 0 Å². The molecule has 0 radical (unpaired) electrons. The molecule has 0 unspecified atom stereocenters. The van der Waals surface area contributed by atoms with Gasteiger partial charge >= 0.3 is 0 Å². The van der Waals surface area contributed by atoms with Crippen LogP contribution in [0.5, 0.6) is 0 Å². The summed E-state index contributed by atoms with van der Waals surface area (Å²) < 4.78 is 5.56. The number of guanidine groups is 1. The monoisotopic (exact) mass is 371 g/mol. The summed E-state index contributed by atoms with van der Waals surface area (Å²) in [5.41, 5.74) is 1.99. The van der Waals surface area contributed by atoms with Gasteiger partial charge < -0.3 is 20.0 Å². The van der Waals surface area contributed by atoms with Gasteiger partial charge in [-0.3, -0.25) is 4.79 Å². The van der Waals surface area contributed by atoms with E-state index in [9.17, 15) is 4.79 Å². The van der Waals surface area contributed by atoms with E-state index in [0.29, 0.717) is 38.0 Å². The lowest BCUT2D eigenvalue weighted by atomic mass is 10.2. The standard InChI is InChI=1S/C20H29N5O2/c1-5-21-20(22-12-18-24-15(3)16(4)27-18)23-13-19(26)25(6-2)14-17-10-8-7-9-11-17/h7-11H,5-6,12-14H2,1-4H3,(H2,21,22,23). The average molecular weight is 371 g/mol. The van der Waals surface area contributed by atoms with Crippen molar-refractivity contribution < 1.29 is 9.21 Å².